The van der Waals surface area contributed by atoms with Crippen molar-refractivity contribution in [3.63, 3.8) is 0 Å². The molecule has 38 heavy (non-hydrogen) atoms. The topological polar surface area (TPSA) is 125 Å². The van der Waals surface area contributed by atoms with E-state index in [2.05, 4.69) is 10.6 Å². The van der Waals surface area contributed by atoms with Gasteiger partial charge in [0.1, 0.15) is 18.0 Å². The van der Waals surface area contributed by atoms with Gasteiger partial charge in [-0.3, -0.25) is 9.59 Å². The molecule has 6 rings (SSSR count). The molecule has 0 aliphatic carbocycles. The molecule has 3 N–H and O–H groups in total. The Labute approximate surface area is 220 Å². The summed E-state index contributed by atoms with van der Waals surface area (Å²) in [6.45, 7) is 1.56. The summed E-state index contributed by atoms with van der Waals surface area (Å²) in [4.78, 5) is 25.5. The average molecular weight is 525 g/mol. The van der Waals surface area contributed by atoms with Crippen LogP contribution in [0.25, 0.3) is 0 Å². The second kappa shape index (κ2) is 10.8. The number of hydrogen-bond donors (Lipinski definition) is 3. The van der Waals surface area contributed by atoms with E-state index in [1.165, 1.54) is 0 Å². The molecule has 4 atom stereocenters. The van der Waals surface area contributed by atoms with E-state index < -0.39 is 6.10 Å². The third-order valence-electron chi connectivity index (χ3n) is 7.70. The zero-order valence-electron chi connectivity index (χ0n) is 21.0. The molecule has 2 fully saturated rings. The molecule has 10 nitrogen and oxygen atoms in total. The number of carbonyl (C=O) groups is 2. The fourth-order valence-corrected chi connectivity index (χ4v) is 5.70. The summed E-state index contributed by atoms with van der Waals surface area (Å²) in [5.74, 6) is 1.85. The van der Waals surface area contributed by atoms with Gasteiger partial charge in [-0.15, -0.1) is 0 Å². The highest BCUT2D eigenvalue weighted by molar-refractivity contribution is 5.92. The fourth-order valence-electron chi connectivity index (χ4n) is 5.70. The lowest BCUT2D eigenvalue weighted by molar-refractivity contribution is -0.142. The molecule has 4 aliphatic heterocycles. The van der Waals surface area contributed by atoms with Gasteiger partial charge >= 0.3 is 0 Å². The van der Waals surface area contributed by atoms with E-state index in [9.17, 15) is 14.7 Å². The molecule has 4 aliphatic rings. The van der Waals surface area contributed by atoms with Crippen molar-refractivity contribution in [1.29, 1.82) is 0 Å². The second-order valence-electron chi connectivity index (χ2n) is 10.2. The average Bonchev–Trinajstić information content (AvgIpc) is 3.56. The number of fused-ring (bicyclic) bond motifs is 4. The van der Waals surface area contributed by atoms with Crippen LogP contribution in [0.2, 0.25) is 0 Å². The lowest BCUT2D eigenvalue weighted by atomic mass is 9.84. The number of amides is 2. The molecule has 0 aromatic heterocycles. The summed E-state index contributed by atoms with van der Waals surface area (Å²) in [6.07, 6.45) is 0.914. The predicted molar refractivity (Wildman–Crippen MR) is 135 cm³/mol. The van der Waals surface area contributed by atoms with Gasteiger partial charge in [0.25, 0.3) is 0 Å². The molecule has 10 heteroatoms. The first-order valence-corrected chi connectivity index (χ1v) is 13.2. The van der Waals surface area contributed by atoms with Crippen LogP contribution in [-0.4, -0.2) is 61.8 Å². The maximum atomic E-state index is 12.8. The van der Waals surface area contributed by atoms with E-state index >= 15 is 0 Å². The van der Waals surface area contributed by atoms with Crippen molar-refractivity contribution in [1.82, 2.24) is 5.32 Å². The van der Waals surface area contributed by atoms with E-state index in [1.54, 1.807) is 0 Å². The number of aliphatic hydroxyl groups is 1. The Bertz CT molecular complexity index is 1200. The van der Waals surface area contributed by atoms with Gasteiger partial charge in [-0.05, 0) is 55.2 Å². The first-order valence-electron chi connectivity index (χ1n) is 13.2. The zero-order valence-corrected chi connectivity index (χ0v) is 21.0. The van der Waals surface area contributed by atoms with Gasteiger partial charge in [-0.2, -0.15) is 0 Å². The van der Waals surface area contributed by atoms with Crippen LogP contribution in [0.4, 0.5) is 5.69 Å². The van der Waals surface area contributed by atoms with Crippen LogP contribution < -0.4 is 24.8 Å². The number of ether oxygens (including phenoxy) is 5. The molecule has 2 aromatic rings. The van der Waals surface area contributed by atoms with Crippen LogP contribution in [0.5, 0.6) is 17.2 Å². The van der Waals surface area contributed by atoms with E-state index in [0.717, 1.165) is 35.4 Å². The van der Waals surface area contributed by atoms with Gasteiger partial charge in [0.05, 0.1) is 19.1 Å². The maximum Gasteiger partial charge on any atom is 0.231 e. The van der Waals surface area contributed by atoms with Crippen molar-refractivity contribution in [3.8, 4) is 17.2 Å². The molecule has 0 radical (unpaired) electrons. The molecular weight excluding hydrogens is 492 g/mol. The zero-order chi connectivity index (χ0) is 26.1. The summed E-state index contributed by atoms with van der Waals surface area (Å²) in [5.41, 5.74) is 2.59. The summed E-state index contributed by atoms with van der Waals surface area (Å²) in [7, 11) is 0. The molecule has 2 saturated heterocycles. The van der Waals surface area contributed by atoms with Gasteiger partial charge in [0, 0.05) is 42.8 Å². The Kier molecular flexibility index (Phi) is 7.10. The van der Waals surface area contributed by atoms with Crippen LogP contribution in [0.15, 0.2) is 36.4 Å². The molecule has 0 saturated carbocycles. The van der Waals surface area contributed by atoms with E-state index in [-0.39, 0.29) is 55.7 Å². The van der Waals surface area contributed by atoms with Gasteiger partial charge in [-0.25, -0.2) is 0 Å². The largest absolute Gasteiger partial charge is 0.487 e. The van der Waals surface area contributed by atoms with Crippen molar-refractivity contribution >= 4 is 17.5 Å². The van der Waals surface area contributed by atoms with Gasteiger partial charge in [-0.1, -0.05) is 6.07 Å². The third kappa shape index (κ3) is 5.16. The van der Waals surface area contributed by atoms with Crippen molar-refractivity contribution < 1.29 is 38.4 Å². The molecule has 2 aromatic carbocycles. The number of hydrogen-bond acceptors (Lipinski definition) is 8. The Balaban J connectivity index is 1.09. The predicted octanol–water partition coefficient (Wildman–Crippen LogP) is 2.48. The number of carbonyl (C=O) groups excluding carboxylic acids is 2. The number of anilines is 1. The molecule has 0 unspecified atom stereocenters. The number of rotatable bonds is 7. The summed E-state index contributed by atoms with van der Waals surface area (Å²) in [6, 6.07) is 11.2. The fraction of sp³-hybridized carbons (Fsp3) is 0.500. The highest BCUT2D eigenvalue weighted by Gasteiger charge is 2.46. The molecule has 4 heterocycles. The highest BCUT2D eigenvalue weighted by atomic mass is 16.7. The van der Waals surface area contributed by atoms with Crippen molar-refractivity contribution in [2.45, 2.75) is 56.5 Å². The van der Waals surface area contributed by atoms with Gasteiger partial charge < -0.3 is 39.4 Å². The molecule has 202 valence electrons. The minimum Gasteiger partial charge on any atom is -0.487 e. The molecule has 0 spiro atoms. The molecular formula is C28H32N2O8. The van der Waals surface area contributed by atoms with Gasteiger partial charge in [0.15, 0.2) is 11.5 Å². The quantitative estimate of drug-likeness (QED) is 0.505. The van der Waals surface area contributed by atoms with E-state index in [0.29, 0.717) is 37.7 Å². The Hall–Kier alpha value is -3.34. The van der Waals surface area contributed by atoms with Gasteiger partial charge in [0.2, 0.25) is 18.6 Å². The van der Waals surface area contributed by atoms with Crippen molar-refractivity contribution in [3.05, 3.63) is 47.5 Å². The number of benzene rings is 2. The lowest BCUT2D eigenvalue weighted by Gasteiger charge is -2.37. The van der Waals surface area contributed by atoms with Crippen LogP contribution in [0.3, 0.4) is 0 Å². The lowest BCUT2D eigenvalue weighted by Crippen LogP contribution is -2.47. The summed E-state index contributed by atoms with van der Waals surface area (Å²) < 4.78 is 28.3. The standard InChI is InChI=1S/C28H32N2O8/c31-14-25-27-21(20-10-18(2-4-22(20)38-27)30-28(33)17-5-7-34-8-6-17)11-19(37-25)12-26(32)29-13-16-1-3-23-24(9-16)36-15-35-23/h1-4,9-10,17,19,21,25,27,31H,5-8,11-15H2,(H,29,32)(H,30,33)/t19-,21+,25+,27-/m0/s1. The number of aliphatic hydroxyl groups excluding tert-OH is 1. The van der Waals surface area contributed by atoms with Crippen LogP contribution in [0.1, 0.15) is 42.7 Å². The maximum absolute atomic E-state index is 12.8. The Morgan fingerprint density at radius 3 is 2.66 bits per heavy atom. The van der Waals surface area contributed by atoms with E-state index in [4.69, 9.17) is 23.7 Å². The van der Waals surface area contributed by atoms with Crippen LogP contribution in [0, 0.1) is 5.92 Å². The highest BCUT2D eigenvalue weighted by Crippen LogP contribution is 2.47. The molecule has 2 amide bonds. The number of nitrogens with one attached hydrogen (secondary N) is 2. The normalized spacial score (nSPS) is 25.7. The minimum absolute atomic E-state index is 0.000865. The summed E-state index contributed by atoms with van der Waals surface area (Å²) >= 11 is 0. The van der Waals surface area contributed by atoms with Crippen LogP contribution in [-0.2, 0) is 25.6 Å². The van der Waals surface area contributed by atoms with Crippen molar-refractivity contribution in [2.75, 3.05) is 31.9 Å². The first-order chi connectivity index (χ1) is 18.6. The SMILES string of the molecule is O=C(C[C@@H]1C[C@@H]2c3cc(NC(=O)C4CCOCC4)ccc3O[C@@H]2[C@@H](CO)O1)NCc1ccc2c(c1)OCO2. The Morgan fingerprint density at radius 2 is 1.82 bits per heavy atom. The first kappa shape index (κ1) is 25.0. The third-order valence-corrected chi connectivity index (χ3v) is 7.70. The Morgan fingerprint density at radius 1 is 1.00 bits per heavy atom. The monoisotopic (exact) mass is 524 g/mol. The minimum atomic E-state index is -0.548. The van der Waals surface area contributed by atoms with Crippen LogP contribution >= 0.6 is 0 Å². The van der Waals surface area contributed by atoms with E-state index in [1.807, 2.05) is 36.4 Å². The van der Waals surface area contributed by atoms with Crippen molar-refractivity contribution in [2.24, 2.45) is 5.92 Å². The molecule has 0 bridgehead atoms. The second-order valence-corrected chi connectivity index (χ2v) is 10.2. The summed E-state index contributed by atoms with van der Waals surface area (Å²) in [5, 5.41) is 16.0. The smallest absolute Gasteiger partial charge is 0.231 e.